The van der Waals surface area contributed by atoms with Crippen LogP contribution in [0.3, 0.4) is 0 Å². The molecular formula is C30H30N4O6S. The van der Waals surface area contributed by atoms with Crippen molar-refractivity contribution >= 4 is 33.8 Å². The molecule has 4 aromatic rings. The molecule has 1 heterocycles. The first-order valence-corrected chi connectivity index (χ1v) is 14.2. The zero-order valence-corrected chi connectivity index (χ0v) is 23.9. The van der Waals surface area contributed by atoms with E-state index in [-0.39, 0.29) is 16.4 Å². The number of hydrogen-bond donors (Lipinski definition) is 2. The molecule has 10 nitrogen and oxygen atoms in total. The first-order chi connectivity index (χ1) is 19.6. The zero-order valence-electron chi connectivity index (χ0n) is 23.0. The van der Waals surface area contributed by atoms with Crippen LogP contribution in [0.4, 0.5) is 5.69 Å². The maximum atomic E-state index is 12.9. The molecule has 0 bridgehead atoms. The number of nitrogens with zero attached hydrogens (tertiary/aromatic N) is 2. The second-order valence-corrected chi connectivity index (χ2v) is 10.7. The van der Waals surface area contributed by atoms with Gasteiger partial charge in [-0.15, -0.1) is 0 Å². The van der Waals surface area contributed by atoms with Crippen molar-refractivity contribution in [2.75, 3.05) is 18.4 Å². The Morgan fingerprint density at radius 3 is 2.32 bits per heavy atom. The number of ether oxygens (including phenoxy) is 2. The average molecular weight is 575 g/mol. The molecule has 2 N–H and O–H groups in total. The van der Waals surface area contributed by atoms with Gasteiger partial charge in [-0.2, -0.15) is 5.10 Å². The Balaban J connectivity index is 1.45. The SMILES string of the molecule is CCOC(=O)c1ccc(-n2c(C)cc(C=NNC(=O)c3cccc(S(=O)(=O)Nc4ccc(OC)cc4)c3)c2C)cc1. The van der Waals surface area contributed by atoms with Crippen molar-refractivity contribution in [1.29, 1.82) is 0 Å². The van der Waals surface area contributed by atoms with Crippen LogP contribution in [0.2, 0.25) is 0 Å². The van der Waals surface area contributed by atoms with Gasteiger partial charge in [-0.3, -0.25) is 9.52 Å². The van der Waals surface area contributed by atoms with E-state index >= 15 is 0 Å². The molecule has 11 heteroatoms. The number of hydrazone groups is 1. The minimum absolute atomic E-state index is 0.0672. The van der Waals surface area contributed by atoms with Gasteiger partial charge >= 0.3 is 5.97 Å². The Labute approximate surface area is 238 Å². The molecule has 0 aliphatic heterocycles. The lowest BCUT2D eigenvalue weighted by atomic mass is 10.2. The molecule has 0 radical (unpaired) electrons. The second kappa shape index (κ2) is 12.5. The van der Waals surface area contributed by atoms with Gasteiger partial charge in [-0.25, -0.2) is 18.6 Å². The molecule has 0 atom stereocenters. The fraction of sp³-hybridized carbons (Fsp3) is 0.167. The summed E-state index contributed by atoms with van der Waals surface area (Å²) in [5, 5.41) is 4.08. The molecule has 0 saturated carbocycles. The topological polar surface area (TPSA) is 128 Å². The number of anilines is 1. The highest BCUT2D eigenvalue weighted by molar-refractivity contribution is 7.92. The average Bonchev–Trinajstić information content (AvgIpc) is 3.25. The lowest BCUT2D eigenvalue weighted by Gasteiger charge is -2.10. The Kier molecular flexibility index (Phi) is 8.88. The third-order valence-corrected chi connectivity index (χ3v) is 7.60. The minimum atomic E-state index is -3.93. The highest BCUT2D eigenvalue weighted by atomic mass is 32.2. The minimum Gasteiger partial charge on any atom is -0.497 e. The van der Waals surface area contributed by atoms with Gasteiger partial charge in [0.2, 0.25) is 0 Å². The normalized spacial score (nSPS) is 11.3. The number of aryl methyl sites for hydroxylation is 1. The Hall–Kier alpha value is -4.90. The molecule has 41 heavy (non-hydrogen) atoms. The predicted octanol–water partition coefficient (Wildman–Crippen LogP) is 4.84. The van der Waals surface area contributed by atoms with Gasteiger partial charge in [0.15, 0.2) is 0 Å². The number of nitrogens with one attached hydrogen (secondary N) is 2. The summed E-state index contributed by atoms with van der Waals surface area (Å²) in [4.78, 5) is 24.6. The summed E-state index contributed by atoms with van der Waals surface area (Å²) >= 11 is 0. The fourth-order valence-corrected chi connectivity index (χ4v) is 5.28. The van der Waals surface area contributed by atoms with Crippen LogP contribution >= 0.6 is 0 Å². The van der Waals surface area contributed by atoms with Crippen molar-refractivity contribution in [3.63, 3.8) is 0 Å². The van der Waals surface area contributed by atoms with Crippen molar-refractivity contribution < 1.29 is 27.5 Å². The summed E-state index contributed by atoms with van der Waals surface area (Å²) in [6, 6.07) is 21.1. The van der Waals surface area contributed by atoms with Gasteiger partial charge in [0.05, 0.1) is 30.4 Å². The maximum absolute atomic E-state index is 12.9. The Morgan fingerprint density at radius 1 is 0.951 bits per heavy atom. The monoisotopic (exact) mass is 574 g/mol. The number of hydrogen-bond acceptors (Lipinski definition) is 7. The number of sulfonamides is 1. The summed E-state index contributed by atoms with van der Waals surface area (Å²) in [7, 11) is -2.41. The van der Waals surface area contributed by atoms with E-state index in [1.54, 1.807) is 43.3 Å². The Morgan fingerprint density at radius 2 is 1.66 bits per heavy atom. The standard InChI is InChI=1S/C30H30N4O6S/c1-5-40-30(36)22-9-13-26(14-10-22)34-20(2)17-24(21(34)3)19-31-32-29(35)23-7-6-8-28(18-23)41(37,38)33-25-11-15-27(39-4)16-12-25/h6-19,33H,5H2,1-4H3,(H,32,35). The van der Waals surface area contributed by atoms with Crippen molar-refractivity contribution in [3.05, 3.63) is 107 Å². The summed E-state index contributed by atoms with van der Waals surface area (Å²) in [6.07, 6.45) is 1.52. The highest BCUT2D eigenvalue weighted by Gasteiger charge is 2.17. The molecule has 0 aliphatic carbocycles. The van der Waals surface area contributed by atoms with E-state index in [4.69, 9.17) is 9.47 Å². The van der Waals surface area contributed by atoms with Gasteiger partial charge in [0.25, 0.3) is 15.9 Å². The van der Waals surface area contributed by atoms with Crippen LogP contribution in [0.25, 0.3) is 5.69 Å². The number of amides is 1. The van der Waals surface area contributed by atoms with E-state index in [1.165, 1.54) is 37.6 Å². The third kappa shape index (κ3) is 6.82. The van der Waals surface area contributed by atoms with E-state index in [2.05, 4.69) is 15.2 Å². The van der Waals surface area contributed by atoms with Crippen molar-refractivity contribution in [1.82, 2.24) is 9.99 Å². The van der Waals surface area contributed by atoms with E-state index < -0.39 is 15.9 Å². The number of benzene rings is 3. The molecule has 0 saturated heterocycles. The number of aromatic nitrogens is 1. The van der Waals surface area contributed by atoms with Gasteiger partial charge in [-0.05, 0) is 93.6 Å². The van der Waals surface area contributed by atoms with Crippen molar-refractivity contribution in [2.24, 2.45) is 5.10 Å². The summed E-state index contributed by atoms with van der Waals surface area (Å²) in [5.41, 5.74) is 6.86. The Bertz CT molecular complexity index is 1690. The van der Waals surface area contributed by atoms with Crippen LogP contribution in [-0.2, 0) is 14.8 Å². The van der Waals surface area contributed by atoms with Crippen LogP contribution in [0.15, 0.2) is 88.9 Å². The summed E-state index contributed by atoms with van der Waals surface area (Å²) in [6.45, 7) is 5.92. The lowest BCUT2D eigenvalue weighted by Crippen LogP contribution is -2.19. The van der Waals surface area contributed by atoms with Gasteiger partial charge in [0.1, 0.15) is 5.75 Å². The summed E-state index contributed by atoms with van der Waals surface area (Å²) in [5.74, 6) is -0.343. The predicted molar refractivity (Wildman–Crippen MR) is 157 cm³/mol. The molecule has 0 fully saturated rings. The lowest BCUT2D eigenvalue weighted by molar-refractivity contribution is 0.0526. The molecule has 212 valence electrons. The van der Waals surface area contributed by atoms with Crippen LogP contribution in [0.5, 0.6) is 5.75 Å². The largest absolute Gasteiger partial charge is 0.497 e. The number of carbonyl (C=O) groups is 2. The van der Waals surface area contributed by atoms with Crippen LogP contribution in [0.1, 0.15) is 44.6 Å². The highest BCUT2D eigenvalue weighted by Crippen LogP contribution is 2.22. The van der Waals surface area contributed by atoms with E-state index in [9.17, 15) is 18.0 Å². The molecule has 0 spiro atoms. The quantitative estimate of drug-likeness (QED) is 0.158. The smallest absolute Gasteiger partial charge is 0.338 e. The third-order valence-electron chi connectivity index (χ3n) is 6.23. The van der Waals surface area contributed by atoms with Crippen molar-refractivity contribution in [2.45, 2.75) is 25.7 Å². The van der Waals surface area contributed by atoms with E-state index in [1.807, 2.05) is 36.6 Å². The number of carbonyl (C=O) groups excluding carboxylic acids is 2. The van der Waals surface area contributed by atoms with Gasteiger partial charge in [0, 0.05) is 33.9 Å². The number of rotatable bonds is 10. The van der Waals surface area contributed by atoms with Crippen LogP contribution in [0, 0.1) is 13.8 Å². The first-order valence-electron chi connectivity index (χ1n) is 12.7. The van der Waals surface area contributed by atoms with Crippen molar-refractivity contribution in [3.8, 4) is 11.4 Å². The van der Waals surface area contributed by atoms with Gasteiger partial charge in [-0.1, -0.05) is 6.07 Å². The van der Waals surface area contributed by atoms with Crippen LogP contribution in [-0.4, -0.2) is 44.8 Å². The fourth-order valence-electron chi connectivity index (χ4n) is 4.18. The number of esters is 1. The summed E-state index contributed by atoms with van der Waals surface area (Å²) < 4.78 is 40.4. The van der Waals surface area contributed by atoms with Gasteiger partial charge < -0.3 is 14.0 Å². The number of methoxy groups -OCH3 is 1. The van der Waals surface area contributed by atoms with E-state index in [0.29, 0.717) is 23.6 Å². The second-order valence-electron chi connectivity index (χ2n) is 8.99. The first kappa shape index (κ1) is 29.1. The van der Waals surface area contributed by atoms with E-state index in [0.717, 1.165) is 22.6 Å². The maximum Gasteiger partial charge on any atom is 0.338 e. The van der Waals surface area contributed by atoms with Crippen LogP contribution < -0.4 is 14.9 Å². The molecule has 3 aromatic carbocycles. The zero-order chi connectivity index (χ0) is 29.6. The molecule has 4 rings (SSSR count). The molecular weight excluding hydrogens is 544 g/mol. The molecule has 1 amide bonds. The molecule has 1 aromatic heterocycles. The molecule has 0 aliphatic rings. The molecule has 0 unspecified atom stereocenters.